The minimum Gasteiger partial charge on any atom is -0.480 e. The minimum absolute atomic E-state index is 0.219. The number of carboxylic acid groups (broad SMARTS) is 1. The molecule has 0 saturated heterocycles. The normalized spacial score (nSPS) is 12.4. The molecular formula is C11H19N3O3. The van der Waals surface area contributed by atoms with Gasteiger partial charge in [0.1, 0.15) is 6.04 Å². The van der Waals surface area contributed by atoms with Crippen molar-refractivity contribution in [3.8, 4) is 6.07 Å². The van der Waals surface area contributed by atoms with Gasteiger partial charge < -0.3 is 15.3 Å². The van der Waals surface area contributed by atoms with E-state index in [1.165, 1.54) is 11.9 Å². The highest BCUT2D eigenvalue weighted by molar-refractivity contribution is 5.83. The highest BCUT2D eigenvalue weighted by Crippen LogP contribution is 2.19. The minimum atomic E-state index is -1.07. The number of urea groups is 1. The van der Waals surface area contributed by atoms with Crippen molar-refractivity contribution in [2.75, 3.05) is 13.6 Å². The first kappa shape index (κ1) is 15.2. The van der Waals surface area contributed by atoms with Gasteiger partial charge in [-0.2, -0.15) is 5.26 Å². The number of hydrogen-bond donors (Lipinski definition) is 2. The van der Waals surface area contributed by atoms with E-state index >= 15 is 0 Å². The molecule has 0 aromatic heterocycles. The van der Waals surface area contributed by atoms with Gasteiger partial charge in [0.25, 0.3) is 0 Å². The van der Waals surface area contributed by atoms with E-state index in [-0.39, 0.29) is 13.0 Å². The highest BCUT2D eigenvalue weighted by Gasteiger charge is 2.33. The summed E-state index contributed by atoms with van der Waals surface area (Å²) in [6, 6.07) is 0.479. The van der Waals surface area contributed by atoms with E-state index in [2.05, 4.69) is 5.32 Å². The summed E-state index contributed by atoms with van der Waals surface area (Å²) in [5, 5.41) is 19.9. The van der Waals surface area contributed by atoms with Gasteiger partial charge in [0.15, 0.2) is 0 Å². The van der Waals surface area contributed by atoms with Crippen molar-refractivity contribution >= 4 is 12.0 Å². The third-order valence-corrected chi connectivity index (χ3v) is 2.29. The number of nitrogens with one attached hydrogen (secondary N) is 1. The molecule has 0 aliphatic rings. The Hall–Kier alpha value is -1.77. The molecule has 2 amide bonds. The predicted molar refractivity (Wildman–Crippen MR) is 62.3 cm³/mol. The molecule has 0 saturated carbocycles. The number of hydrogen-bond acceptors (Lipinski definition) is 3. The molecule has 2 N–H and O–H groups in total. The summed E-state index contributed by atoms with van der Waals surface area (Å²) in [5.74, 6) is -1.07. The van der Waals surface area contributed by atoms with Crippen molar-refractivity contribution in [3.05, 3.63) is 0 Å². The molecule has 0 aliphatic heterocycles. The first-order valence-corrected chi connectivity index (χ1v) is 5.31. The lowest BCUT2D eigenvalue weighted by molar-refractivity contribution is -0.142. The monoisotopic (exact) mass is 241 g/mol. The molecule has 0 aromatic carbocycles. The maximum Gasteiger partial charge on any atom is 0.326 e. The van der Waals surface area contributed by atoms with E-state index in [4.69, 9.17) is 10.4 Å². The Morgan fingerprint density at radius 2 is 2.00 bits per heavy atom. The molecular weight excluding hydrogens is 222 g/mol. The van der Waals surface area contributed by atoms with Crippen molar-refractivity contribution in [1.82, 2.24) is 10.2 Å². The van der Waals surface area contributed by atoms with Crippen LogP contribution in [-0.4, -0.2) is 41.6 Å². The van der Waals surface area contributed by atoms with E-state index in [0.717, 1.165) is 0 Å². The molecule has 96 valence electrons. The Morgan fingerprint density at radius 1 is 1.47 bits per heavy atom. The Bertz CT molecular complexity index is 328. The lowest BCUT2D eigenvalue weighted by atomic mass is 9.87. The quantitative estimate of drug-likeness (QED) is 0.769. The maximum atomic E-state index is 11.7. The summed E-state index contributed by atoms with van der Waals surface area (Å²) in [6.07, 6.45) is 0.219. The number of aliphatic carboxylic acids is 1. The molecule has 0 aromatic rings. The molecule has 6 nitrogen and oxygen atoms in total. The SMILES string of the molecule is CN(CCC#N)C(=O)NC(C(=O)O)C(C)(C)C. The molecule has 1 atom stereocenters. The number of nitrogens with zero attached hydrogens (tertiary/aromatic N) is 2. The zero-order valence-electron chi connectivity index (χ0n) is 10.6. The van der Waals surface area contributed by atoms with Gasteiger partial charge >= 0.3 is 12.0 Å². The zero-order valence-corrected chi connectivity index (χ0v) is 10.6. The van der Waals surface area contributed by atoms with E-state index < -0.39 is 23.5 Å². The molecule has 0 spiro atoms. The average molecular weight is 241 g/mol. The molecule has 0 aliphatic carbocycles. The number of rotatable bonds is 4. The number of carbonyl (C=O) groups excluding carboxylic acids is 1. The van der Waals surface area contributed by atoms with Crippen LogP contribution in [0.5, 0.6) is 0 Å². The fourth-order valence-electron chi connectivity index (χ4n) is 1.20. The molecule has 6 heteroatoms. The van der Waals surface area contributed by atoms with Crippen molar-refractivity contribution in [2.45, 2.75) is 33.2 Å². The van der Waals surface area contributed by atoms with Crippen LogP contribution in [0.3, 0.4) is 0 Å². The van der Waals surface area contributed by atoms with E-state index in [0.29, 0.717) is 0 Å². The van der Waals surface area contributed by atoms with Crippen molar-refractivity contribution in [2.24, 2.45) is 5.41 Å². The van der Waals surface area contributed by atoms with E-state index in [9.17, 15) is 9.59 Å². The van der Waals surface area contributed by atoms with Gasteiger partial charge in [-0.05, 0) is 5.41 Å². The standard InChI is InChI=1S/C11H19N3O3/c1-11(2,3)8(9(15)16)13-10(17)14(4)7-5-6-12/h8H,5,7H2,1-4H3,(H,13,17)(H,15,16). The second-order valence-electron chi connectivity index (χ2n) is 4.92. The van der Waals surface area contributed by atoms with Gasteiger partial charge in [-0.15, -0.1) is 0 Å². The first-order chi connectivity index (χ1) is 7.70. The van der Waals surface area contributed by atoms with Crippen molar-refractivity contribution < 1.29 is 14.7 Å². The first-order valence-electron chi connectivity index (χ1n) is 5.31. The number of nitriles is 1. The van der Waals surface area contributed by atoms with Crippen molar-refractivity contribution in [1.29, 1.82) is 5.26 Å². The van der Waals surface area contributed by atoms with Crippen LogP contribution in [0.1, 0.15) is 27.2 Å². The van der Waals surface area contributed by atoms with Gasteiger partial charge in [-0.1, -0.05) is 20.8 Å². The third-order valence-electron chi connectivity index (χ3n) is 2.29. The molecule has 0 heterocycles. The van der Waals surface area contributed by atoms with Crippen LogP contribution in [-0.2, 0) is 4.79 Å². The molecule has 0 bridgehead atoms. The van der Waals surface area contributed by atoms with E-state index in [1.807, 2.05) is 6.07 Å². The Labute approximate surface area is 101 Å². The summed E-state index contributed by atoms with van der Waals surface area (Å²) in [5.41, 5.74) is -0.572. The zero-order chi connectivity index (χ0) is 13.6. The van der Waals surface area contributed by atoms with Gasteiger partial charge in [-0.3, -0.25) is 0 Å². The average Bonchev–Trinajstić information content (AvgIpc) is 2.19. The van der Waals surface area contributed by atoms with Crippen LogP contribution >= 0.6 is 0 Å². The van der Waals surface area contributed by atoms with Crippen LogP contribution in [0.15, 0.2) is 0 Å². The predicted octanol–water partition coefficient (Wildman–Crippen LogP) is 1.04. The lowest BCUT2D eigenvalue weighted by Gasteiger charge is -2.29. The summed E-state index contributed by atoms with van der Waals surface area (Å²) in [6.45, 7) is 5.49. The Morgan fingerprint density at radius 3 is 2.35 bits per heavy atom. The molecule has 0 rings (SSSR count). The smallest absolute Gasteiger partial charge is 0.326 e. The fourth-order valence-corrected chi connectivity index (χ4v) is 1.20. The topological polar surface area (TPSA) is 93.4 Å². The fraction of sp³-hybridized carbons (Fsp3) is 0.727. The largest absolute Gasteiger partial charge is 0.480 e. The Balaban J connectivity index is 4.53. The Kier molecular flexibility index (Phi) is 5.45. The van der Waals surface area contributed by atoms with Crippen LogP contribution in [0.25, 0.3) is 0 Å². The highest BCUT2D eigenvalue weighted by atomic mass is 16.4. The van der Waals surface area contributed by atoms with Gasteiger partial charge in [0.05, 0.1) is 12.5 Å². The number of carboxylic acids is 1. The lowest BCUT2D eigenvalue weighted by Crippen LogP contribution is -2.52. The van der Waals surface area contributed by atoms with E-state index in [1.54, 1.807) is 20.8 Å². The summed E-state index contributed by atoms with van der Waals surface area (Å²) in [4.78, 5) is 24.0. The second kappa shape index (κ2) is 6.09. The van der Waals surface area contributed by atoms with Crippen LogP contribution in [0, 0.1) is 16.7 Å². The molecule has 0 radical (unpaired) electrons. The molecule has 17 heavy (non-hydrogen) atoms. The summed E-state index contributed by atoms with van der Waals surface area (Å²) >= 11 is 0. The number of carbonyl (C=O) groups is 2. The maximum absolute atomic E-state index is 11.7. The number of amides is 2. The second-order valence-corrected chi connectivity index (χ2v) is 4.92. The van der Waals surface area contributed by atoms with Crippen LogP contribution < -0.4 is 5.32 Å². The van der Waals surface area contributed by atoms with Gasteiger partial charge in [0.2, 0.25) is 0 Å². The molecule has 0 fully saturated rings. The van der Waals surface area contributed by atoms with Gasteiger partial charge in [0, 0.05) is 13.6 Å². The van der Waals surface area contributed by atoms with Crippen molar-refractivity contribution in [3.63, 3.8) is 0 Å². The van der Waals surface area contributed by atoms with Gasteiger partial charge in [-0.25, -0.2) is 9.59 Å². The molecule has 1 unspecified atom stereocenters. The summed E-state index contributed by atoms with van der Waals surface area (Å²) < 4.78 is 0. The third kappa shape index (κ3) is 5.20. The summed E-state index contributed by atoms with van der Waals surface area (Å²) in [7, 11) is 1.52. The van der Waals surface area contributed by atoms with Crippen LogP contribution in [0.4, 0.5) is 4.79 Å². The van der Waals surface area contributed by atoms with Crippen LogP contribution in [0.2, 0.25) is 0 Å².